The van der Waals surface area contributed by atoms with Gasteiger partial charge in [-0.3, -0.25) is 4.31 Å². The first-order valence-electron chi connectivity index (χ1n) is 6.52. The second-order valence-electron chi connectivity index (χ2n) is 4.90. The molecule has 116 valence electrons. The molecule has 0 aromatic heterocycles. The minimum Gasteiger partial charge on any atom is -0.478 e. The van der Waals surface area contributed by atoms with Crippen LogP contribution in [0.5, 0.6) is 0 Å². The molecule has 2 rings (SSSR count). The number of hydrogen-bond donors (Lipinski definition) is 2. The predicted octanol–water partition coefficient (Wildman–Crippen LogP) is 0.912. The molecule has 7 nitrogen and oxygen atoms in total. The number of carboxylic acid groups (broad SMARTS) is 1. The predicted molar refractivity (Wildman–Crippen MR) is 79.0 cm³/mol. The maximum atomic E-state index is 12.6. The Kier molecular flexibility index (Phi) is 4.38. The maximum Gasteiger partial charge on any atom is 0.335 e. The van der Waals surface area contributed by atoms with Crippen molar-refractivity contribution in [2.75, 3.05) is 30.3 Å². The SMILES string of the molecule is CN(c1ccc(C(=O)O)cc1N)S(=O)(=O)C1CCOCC1. The molecule has 3 N–H and O–H groups in total. The first-order chi connectivity index (χ1) is 9.84. The van der Waals surface area contributed by atoms with E-state index in [2.05, 4.69) is 0 Å². The van der Waals surface area contributed by atoms with Crippen molar-refractivity contribution in [3.63, 3.8) is 0 Å². The van der Waals surface area contributed by atoms with E-state index in [1.807, 2.05) is 0 Å². The molecule has 0 aliphatic carbocycles. The molecular weight excluding hydrogens is 296 g/mol. The number of aromatic carboxylic acids is 1. The van der Waals surface area contributed by atoms with Crippen molar-refractivity contribution >= 4 is 27.4 Å². The summed E-state index contributed by atoms with van der Waals surface area (Å²) >= 11 is 0. The van der Waals surface area contributed by atoms with Crippen LogP contribution in [0.3, 0.4) is 0 Å². The van der Waals surface area contributed by atoms with Crippen LogP contribution in [0.2, 0.25) is 0 Å². The van der Waals surface area contributed by atoms with Gasteiger partial charge in [0.25, 0.3) is 0 Å². The van der Waals surface area contributed by atoms with E-state index in [1.165, 1.54) is 25.2 Å². The van der Waals surface area contributed by atoms with E-state index in [9.17, 15) is 13.2 Å². The fourth-order valence-electron chi connectivity index (χ4n) is 2.31. The molecule has 0 atom stereocenters. The highest BCUT2D eigenvalue weighted by Gasteiger charge is 2.32. The number of sulfonamides is 1. The van der Waals surface area contributed by atoms with Gasteiger partial charge in [-0.25, -0.2) is 13.2 Å². The van der Waals surface area contributed by atoms with Gasteiger partial charge in [0.1, 0.15) is 0 Å². The Morgan fingerprint density at radius 3 is 2.52 bits per heavy atom. The molecule has 1 fully saturated rings. The summed E-state index contributed by atoms with van der Waals surface area (Å²) < 4.78 is 31.4. The van der Waals surface area contributed by atoms with Crippen LogP contribution < -0.4 is 10.0 Å². The Morgan fingerprint density at radius 1 is 1.38 bits per heavy atom. The van der Waals surface area contributed by atoms with Crippen molar-refractivity contribution in [3.8, 4) is 0 Å². The number of hydrogen-bond acceptors (Lipinski definition) is 5. The Morgan fingerprint density at radius 2 is 2.00 bits per heavy atom. The summed E-state index contributed by atoms with van der Waals surface area (Å²) in [5.41, 5.74) is 6.22. The summed E-state index contributed by atoms with van der Waals surface area (Å²) in [6, 6.07) is 4.01. The zero-order valence-corrected chi connectivity index (χ0v) is 12.5. The van der Waals surface area contributed by atoms with Gasteiger partial charge in [-0.15, -0.1) is 0 Å². The maximum absolute atomic E-state index is 12.6. The average Bonchev–Trinajstić information content (AvgIpc) is 2.47. The largest absolute Gasteiger partial charge is 0.478 e. The van der Waals surface area contributed by atoms with Gasteiger partial charge >= 0.3 is 5.97 Å². The standard InChI is InChI=1S/C13H18N2O5S/c1-15(21(18,19)10-4-6-20-7-5-10)12-3-2-9(13(16)17)8-11(12)14/h2-3,8,10H,4-7,14H2,1H3,(H,16,17). The molecule has 1 aromatic rings. The number of anilines is 2. The van der Waals surface area contributed by atoms with Crippen molar-refractivity contribution < 1.29 is 23.1 Å². The van der Waals surface area contributed by atoms with Crippen LogP contribution in [0.15, 0.2) is 18.2 Å². The number of carboxylic acids is 1. The van der Waals surface area contributed by atoms with E-state index in [4.69, 9.17) is 15.6 Å². The number of nitrogens with zero attached hydrogens (tertiary/aromatic N) is 1. The van der Waals surface area contributed by atoms with Gasteiger partial charge in [-0.2, -0.15) is 0 Å². The van der Waals surface area contributed by atoms with Crippen molar-refractivity contribution in [3.05, 3.63) is 23.8 Å². The van der Waals surface area contributed by atoms with Crippen molar-refractivity contribution in [1.82, 2.24) is 0 Å². The van der Waals surface area contributed by atoms with E-state index in [0.29, 0.717) is 26.1 Å². The van der Waals surface area contributed by atoms with E-state index in [-0.39, 0.29) is 16.9 Å². The molecule has 1 aliphatic rings. The van der Waals surface area contributed by atoms with Crippen LogP contribution in [0.1, 0.15) is 23.2 Å². The molecule has 1 aliphatic heterocycles. The van der Waals surface area contributed by atoms with Crippen LogP contribution in [0.25, 0.3) is 0 Å². The normalized spacial score (nSPS) is 16.6. The molecule has 0 bridgehead atoms. The summed E-state index contributed by atoms with van der Waals surface area (Å²) in [6.07, 6.45) is 0.888. The van der Waals surface area contributed by atoms with Gasteiger partial charge in [0.05, 0.1) is 22.2 Å². The van der Waals surface area contributed by atoms with Crippen LogP contribution in [-0.2, 0) is 14.8 Å². The Hall–Kier alpha value is -1.80. The summed E-state index contributed by atoms with van der Waals surface area (Å²) in [5.74, 6) is -1.11. The molecule has 0 saturated carbocycles. The van der Waals surface area contributed by atoms with E-state index < -0.39 is 21.2 Å². The minimum atomic E-state index is -3.54. The van der Waals surface area contributed by atoms with Crippen LogP contribution in [-0.4, -0.2) is 45.0 Å². The zero-order chi connectivity index (χ0) is 15.6. The number of ether oxygens (including phenoxy) is 1. The summed E-state index contributed by atoms with van der Waals surface area (Å²) in [5, 5.41) is 8.40. The van der Waals surface area contributed by atoms with Crippen molar-refractivity contribution in [2.45, 2.75) is 18.1 Å². The highest BCUT2D eigenvalue weighted by molar-refractivity contribution is 7.93. The molecule has 0 radical (unpaired) electrons. The second kappa shape index (κ2) is 5.90. The third kappa shape index (κ3) is 3.11. The van der Waals surface area contributed by atoms with Crippen molar-refractivity contribution in [1.29, 1.82) is 0 Å². The summed E-state index contributed by atoms with van der Waals surface area (Å²) in [7, 11) is -2.12. The number of nitrogens with two attached hydrogens (primary N) is 1. The third-order valence-corrected chi connectivity index (χ3v) is 5.86. The Labute approximate surface area is 123 Å². The molecule has 21 heavy (non-hydrogen) atoms. The molecule has 1 heterocycles. The highest BCUT2D eigenvalue weighted by Crippen LogP contribution is 2.29. The highest BCUT2D eigenvalue weighted by atomic mass is 32.2. The summed E-state index contributed by atoms with van der Waals surface area (Å²) in [6.45, 7) is 0.844. The Bertz CT molecular complexity index is 638. The monoisotopic (exact) mass is 314 g/mol. The topological polar surface area (TPSA) is 110 Å². The van der Waals surface area contributed by atoms with Crippen LogP contribution in [0, 0.1) is 0 Å². The molecule has 1 aromatic carbocycles. The minimum absolute atomic E-state index is 0.0214. The van der Waals surface area contributed by atoms with Crippen LogP contribution in [0.4, 0.5) is 11.4 Å². The third-order valence-electron chi connectivity index (χ3n) is 3.59. The van der Waals surface area contributed by atoms with Crippen molar-refractivity contribution in [2.24, 2.45) is 0 Å². The lowest BCUT2D eigenvalue weighted by molar-refractivity contribution is 0.0697. The average molecular weight is 314 g/mol. The van der Waals surface area contributed by atoms with Gasteiger partial charge in [0.15, 0.2) is 0 Å². The van der Waals surface area contributed by atoms with Crippen LogP contribution >= 0.6 is 0 Å². The van der Waals surface area contributed by atoms with Gasteiger partial charge < -0.3 is 15.6 Å². The fourth-order valence-corrected chi connectivity index (χ4v) is 3.98. The molecular formula is C13H18N2O5S. The van der Waals surface area contributed by atoms with E-state index in [1.54, 1.807) is 0 Å². The number of nitrogen functional groups attached to an aromatic ring is 1. The molecule has 8 heteroatoms. The van der Waals surface area contributed by atoms with E-state index in [0.717, 1.165) is 4.31 Å². The number of rotatable bonds is 4. The smallest absolute Gasteiger partial charge is 0.335 e. The van der Waals surface area contributed by atoms with Gasteiger partial charge in [-0.05, 0) is 31.0 Å². The fraction of sp³-hybridized carbons (Fsp3) is 0.462. The number of carbonyl (C=O) groups is 1. The molecule has 0 amide bonds. The quantitative estimate of drug-likeness (QED) is 0.799. The zero-order valence-electron chi connectivity index (χ0n) is 11.7. The lowest BCUT2D eigenvalue weighted by Gasteiger charge is -2.29. The van der Waals surface area contributed by atoms with Gasteiger partial charge in [0.2, 0.25) is 10.0 Å². The molecule has 0 spiro atoms. The lowest BCUT2D eigenvalue weighted by Crippen LogP contribution is -2.39. The first kappa shape index (κ1) is 15.6. The van der Waals surface area contributed by atoms with E-state index >= 15 is 0 Å². The second-order valence-corrected chi connectivity index (χ2v) is 7.15. The molecule has 1 saturated heterocycles. The number of benzene rings is 1. The first-order valence-corrected chi connectivity index (χ1v) is 8.02. The van der Waals surface area contributed by atoms with Gasteiger partial charge in [-0.1, -0.05) is 0 Å². The summed E-state index contributed by atoms with van der Waals surface area (Å²) in [4.78, 5) is 10.9. The Balaban J connectivity index is 2.30. The lowest BCUT2D eigenvalue weighted by atomic mass is 10.2. The molecule has 0 unspecified atom stereocenters. The van der Waals surface area contributed by atoms with Gasteiger partial charge in [0, 0.05) is 20.3 Å².